The third kappa shape index (κ3) is 11.4. The summed E-state index contributed by atoms with van der Waals surface area (Å²) in [6, 6.07) is 4.20. The normalized spacial score (nSPS) is 39.9. The van der Waals surface area contributed by atoms with Crippen molar-refractivity contribution in [1.29, 1.82) is 0 Å². The fraction of sp³-hybridized carbons (Fsp3) is 0.770. The maximum atomic E-state index is 5.46. The zero-order valence-corrected chi connectivity index (χ0v) is 49.1. The summed E-state index contributed by atoms with van der Waals surface area (Å²) in [5, 5.41) is 31.2. The van der Waals surface area contributed by atoms with E-state index in [1.165, 1.54) is 191 Å². The van der Waals surface area contributed by atoms with Gasteiger partial charge < -0.3 is 25.7 Å². The van der Waals surface area contributed by atoms with Gasteiger partial charge in [-0.25, -0.2) is 15.0 Å². The second-order valence-corrected chi connectivity index (χ2v) is 32.2. The number of aryl methyl sites for hydroxylation is 3. The Morgan fingerprint density at radius 2 is 0.961 bits per heavy atom. The van der Waals surface area contributed by atoms with E-state index in [0.717, 1.165) is 114 Å². The number of nitrogens with zero attached hydrogens (tertiary/aromatic N) is 6. The van der Waals surface area contributed by atoms with Crippen LogP contribution >= 0.6 is 45.5 Å². The molecule has 76 heavy (non-hydrogen) atoms. The highest BCUT2D eigenvalue weighted by Crippen LogP contribution is 2.59. The molecule has 0 aromatic carbocycles. The summed E-state index contributed by atoms with van der Waals surface area (Å²) in [5.74, 6) is 14.5. The number of rotatable bonds is 13. The Morgan fingerprint density at radius 3 is 1.34 bits per heavy atom. The van der Waals surface area contributed by atoms with Crippen LogP contribution < -0.4 is 21.3 Å². The van der Waals surface area contributed by atoms with Crippen LogP contribution in [0.15, 0.2) is 33.5 Å². The molecule has 11 nitrogen and oxygen atoms in total. The molecule has 21 rings (SSSR count). The molecule has 16 aliphatic rings. The Hall–Kier alpha value is -2.50. The molecule has 0 amide bonds. The van der Waals surface area contributed by atoms with Crippen LogP contribution in [0.2, 0.25) is 0 Å². The predicted molar refractivity (Wildman–Crippen MR) is 307 cm³/mol. The van der Waals surface area contributed by atoms with Crippen LogP contribution in [0.25, 0.3) is 9.88 Å². The smallest absolute Gasteiger partial charge is 0.230 e. The van der Waals surface area contributed by atoms with Crippen molar-refractivity contribution in [1.82, 2.24) is 50.8 Å². The lowest BCUT2D eigenvalue weighted by Gasteiger charge is -2.57. The van der Waals surface area contributed by atoms with Crippen LogP contribution in [0.5, 0.6) is 0 Å². The first-order chi connectivity index (χ1) is 36.9. The number of hydrogen-bond donors (Lipinski definition) is 4. The molecule has 0 radical (unpaired) electrons. The molecule has 16 saturated carbocycles. The van der Waals surface area contributed by atoms with Gasteiger partial charge in [0, 0.05) is 58.6 Å². The summed E-state index contributed by atoms with van der Waals surface area (Å²) in [6.07, 6.45) is 37.1. The lowest BCUT2D eigenvalue weighted by molar-refractivity contribution is -0.0216. The van der Waals surface area contributed by atoms with Gasteiger partial charge in [-0.15, -0.1) is 44.2 Å². The van der Waals surface area contributed by atoms with Crippen LogP contribution in [-0.2, 0) is 26.2 Å². The van der Waals surface area contributed by atoms with Crippen molar-refractivity contribution in [3.05, 3.63) is 67.3 Å². The molecule has 0 unspecified atom stereocenters. The van der Waals surface area contributed by atoms with Gasteiger partial charge in [-0.3, -0.25) is 0 Å². The first kappa shape index (κ1) is 51.6. The van der Waals surface area contributed by atoms with Gasteiger partial charge in [0.25, 0.3) is 0 Å². The number of thiazole rings is 2. The van der Waals surface area contributed by atoms with Crippen LogP contribution in [0.3, 0.4) is 0 Å². The minimum absolute atomic E-state index is 0.386. The average Bonchev–Trinajstić information content (AvgIpc) is 4.25. The summed E-state index contributed by atoms with van der Waals surface area (Å²) in [4.78, 5) is 16.3. The van der Waals surface area contributed by atoms with Gasteiger partial charge in [-0.1, -0.05) is 6.07 Å². The third-order valence-corrected chi connectivity index (χ3v) is 25.3. The van der Waals surface area contributed by atoms with E-state index in [-0.39, 0.29) is 0 Å². The first-order valence-corrected chi connectivity index (χ1v) is 33.7. The molecule has 0 saturated heterocycles. The average molecular weight is 1100 g/mol. The second-order valence-electron chi connectivity index (χ2n) is 28.1. The Balaban J connectivity index is 0.0000000930. The van der Waals surface area contributed by atoms with E-state index in [0.29, 0.717) is 28.0 Å². The van der Waals surface area contributed by atoms with Crippen LogP contribution in [0.4, 0.5) is 0 Å². The highest BCUT2D eigenvalue weighted by molar-refractivity contribution is 7.18. The van der Waals surface area contributed by atoms with E-state index in [9.17, 15) is 0 Å². The Labute approximate surface area is 469 Å². The zero-order chi connectivity index (χ0) is 51.1. The molecule has 0 spiro atoms. The van der Waals surface area contributed by atoms with Crippen molar-refractivity contribution in [2.75, 3.05) is 0 Å². The first-order valence-electron chi connectivity index (χ1n) is 30.4. The Bertz CT molecular complexity index is 2410. The standard InChI is InChI=1S/C17H21N3S2.2C15H22N2S.C14H21N3O/c1-2-14(21-3-1)16-19-15(20-22-16)10-18-17-7-11-4-12(8-17)6-13(5-11)9-17;1-10-17-14(9-18-10)8-16-15-5-11-2-12(6-15)4-13(3-11)7-15;1-10-16-8-14(18-10)9-17-15-5-11-2-12(6-15)4-13(3-11)7-15;1-9-16-17-13(18-9)8-15-14-5-10-2-11(6-14)4-12(3-10)7-14/h1-3,11-13,18H,4-10H2;9,11-13,16H,2-8H2,1H3;8,11-13,17H,2-7,9H2,1H3;10-12,15H,2-8H2,1H3. The fourth-order valence-electron chi connectivity index (χ4n) is 20.6. The molecule has 410 valence electrons. The summed E-state index contributed by atoms with van der Waals surface area (Å²) >= 11 is 6.89. The third-order valence-electron chi connectivity index (χ3n) is 21.8. The summed E-state index contributed by atoms with van der Waals surface area (Å²) in [7, 11) is 0. The van der Waals surface area contributed by atoms with Crippen molar-refractivity contribution >= 4 is 45.5 Å². The second kappa shape index (κ2) is 21.1. The minimum Gasteiger partial charge on any atom is -0.424 e. The Kier molecular flexibility index (Phi) is 14.3. The molecule has 0 atom stereocenters. The molecule has 16 fully saturated rings. The predicted octanol–water partition coefficient (Wildman–Crippen LogP) is 13.8. The minimum atomic E-state index is 0.386. The molecule has 16 aliphatic carbocycles. The lowest BCUT2D eigenvalue weighted by atomic mass is 9.53. The largest absolute Gasteiger partial charge is 0.424 e. The maximum Gasteiger partial charge on any atom is 0.230 e. The number of aromatic nitrogens is 6. The van der Waals surface area contributed by atoms with Gasteiger partial charge in [0.15, 0.2) is 10.8 Å². The molecule has 4 N–H and O–H groups in total. The molecule has 0 aliphatic heterocycles. The summed E-state index contributed by atoms with van der Waals surface area (Å²) in [6.45, 7) is 9.65. The highest BCUT2D eigenvalue weighted by atomic mass is 32.1. The van der Waals surface area contributed by atoms with E-state index in [1.807, 2.05) is 24.5 Å². The van der Waals surface area contributed by atoms with Gasteiger partial charge in [-0.05, 0) is 262 Å². The van der Waals surface area contributed by atoms with Crippen molar-refractivity contribution in [3.8, 4) is 9.88 Å². The quantitative estimate of drug-likeness (QED) is 0.0896. The van der Waals surface area contributed by atoms with Gasteiger partial charge in [0.1, 0.15) is 0 Å². The summed E-state index contributed by atoms with van der Waals surface area (Å²) < 4.78 is 10.0. The van der Waals surface area contributed by atoms with Crippen molar-refractivity contribution in [2.24, 2.45) is 71.0 Å². The zero-order valence-electron chi connectivity index (χ0n) is 45.8. The molecule has 5 aromatic rings. The number of hydrogen-bond acceptors (Lipinski definition) is 15. The van der Waals surface area contributed by atoms with E-state index >= 15 is 0 Å². The van der Waals surface area contributed by atoms with E-state index in [1.54, 1.807) is 22.7 Å². The fourth-order valence-corrected chi connectivity index (χ4v) is 23.4. The van der Waals surface area contributed by atoms with E-state index < -0.39 is 0 Å². The highest BCUT2D eigenvalue weighted by Gasteiger charge is 2.54. The van der Waals surface area contributed by atoms with E-state index in [2.05, 4.69) is 82.5 Å². The number of nitrogens with one attached hydrogen (secondary N) is 4. The topological polar surface area (TPSA) is 139 Å². The molecule has 5 aromatic heterocycles. The molecular weight excluding hydrogens is 1020 g/mol. The summed E-state index contributed by atoms with van der Waals surface area (Å²) in [5.41, 5.74) is 3.01. The van der Waals surface area contributed by atoms with Gasteiger partial charge in [0.2, 0.25) is 11.8 Å². The van der Waals surface area contributed by atoms with Crippen molar-refractivity contribution < 1.29 is 4.42 Å². The molecule has 16 bridgehead atoms. The number of thiophene rings is 1. The molecule has 5 heterocycles. The van der Waals surface area contributed by atoms with Crippen LogP contribution in [-0.4, -0.2) is 51.7 Å². The Morgan fingerprint density at radius 1 is 0.513 bits per heavy atom. The lowest BCUT2D eigenvalue weighted by Crippen LogP contribution is -2.58. The van der Waals surface area contributed by atoms with Crippen molar-refractivity contribution in [3.63, 3.8) is 0 Å². The van der Waals surface area contributed by atoms with Gasteiger partial charge in [0.05, 0.1) is 33.7 Å². The molecule has 15 heteroatoms. The van der Waals surface area contributed by atoms with Crippen LogP contribution in [0, 0.1) is 91.8 Å². The SMILES string of the molecule is Cc1nc(CNC23CC4CC(CC(C4)C2)C3)cs1.Cc1ncc(CNC23CC4CC(CC(C4)C2)C3)s1.Cc1nnc(CNC23CC4CC(CC(C4)C2)C3)o1.c1csc(-c2nc(CNC34CC5CC(CC(C5)C3)C4)ns2)c1. The maximum absolute atomic E-state index is 5.46. The monoisotopic (exact) mass is 1100 g/mol. The van der Waals surface area contributed by atoms with Crippen LogP contribution in [0.1, 0.15) is 192 Å². The van der Waals surface area contributed by atoms with Gasteiger partial charge in [-0.2, -0.15) is 4.37 Å². The van der Waals surface area contributed by atoms with Gasteiger partial charge >= 0.3 is 0 Å². The molecular formula is C61H86N10OS4. The van der Waals surface area contributed by atoms with E-state index in [4.69, 9.17) is 9.40 Å². The van der Waals surface area contributed by atoms with Crippen molar-refractivity contribution in [2.45, 2.75) is 223 Å².